The van der Waals surface area contributed by atoms with E-state index in [0.717, 1.165) is 18.8 Å². The smallest absolute Gasteiger partial charge is 0.310 e. The minimum Gasteiger partial charge on any atom is -0.481 e. The van der Waals surface area contributed by atoms with Gasteiger partial charge in [0, 0.05) is 19.2 Å². The minimum atomic E-state index is -1.02. The number of carboxylic acids is 1. The second kappa shape index (κ2) is 5.86. The van der Waals surface area contributed by atoms with Crippen LogP contribution in [0.3, 0.4) is 0 Å². The number of aromatic nitrogens is 2. The Hall–Kier alpha value is -1.85. The van der Waals surface area contributed by atoms with Crippen LogP contribution in [0, 0.1) is 5.41 Å². The van der Waals surface area contributed by atoms with E-state index in [2.05, 4.69) is 5.10 Å². The first-order valence-corrected chi connectivity index (χ1v) is 6.37. The number of aliphatic carboxylic acids is 1. The molecule has 0 unspecified atom stereocenters. The maximum Gasteiger partial charge on any atom is 0.310 e. The van der Waals surface area contributed by atoms with Gasteiger partial charge in [-0.1, -0.05) is 0 Å². The average Bonchev–Trinajstić information content (AvgIpc) is 2.33. The van der Waals surface area contributed by atoms with Gasteiger partial charge in [0.05, 0.1) is 23.8 Å². The Kier molecular flexibility index (Phi) is 4.69. The second-order valence-electron chi connectivity index (χ2n) is 5.07. The molecule has 0 aliphatic carbocycles. The van der Waals surface area contributed by atoms with Crippen LogP contribution in [0.1, 0.15) is 27.7 Å². The maximum absolute atomic E-state index is 12.0. The maximum atomic E-state index is 12.0. The van der Waals surface area contributed by atoms with Gasteiger partial charge in [0.25, 0.3) is 5.56 Å². The summed E-state index contributed by atoms with van der Waals surface area (Å²) >= 11 is 0. The predicted molar refractivity (Wildman–Crippen MR) is 73.5 cm³/mol. The summed E-state index contributed by atoms with van der Waals surface area (Å²) < 4.78 is 1.20. The van der Waals surface area contributed by atoms with Crippen molar-refractivity contribution in [2.24, 2.45) is 5.41 Å². The molecule has 0 aliphatic rings. The van der Waals surface area contributed by atoms with E-state index in [4.69, 9.17) is 5.11 Å². The van der Waals surface area contributed by atoms with Crippen LogP contribution in [-0.2, 0) is 11.3 Å². The molecule has 1 heterocycles. The molecule has 0 radical (unpaired) electrons. The van der Waals surface area contributed by atoms with Crippen molar-refractivity contribution >= 4 is 11.7 Å². The largest absolute Gasteiger partial charge is 0.481 e. The minimum absolute atomic E-state index is 0.0553. The molecule has 1 aromatic rings. The molecule has 1 rings (SSSR count). The van der Waals surface area contributed by atoms with Crippen molar-refractivity contribution in [3.63, 3.8) is 0 Å². The molecule has 19 heavy (non-hydrogen) atoms. The van der Waals surface area contributed by atoms with Gasteiger partial charge in [-0.2, -0.15) is 5.10 Å². The SMILES string of the molecule is CCN(CC)c1cnn(CC(C)(C)C(=O)O)c(=O)c1. The van der Waals surface area contributed by atoms with Gasteiger partial charge in [-0.3, -0.25) is 9.59 Å². The van der Waals surface area contributed by atoms with E-state index in [1.165, 1.54) is 10.7 Å². The Morgan fingerprint density at radius 3 is 2.42 bits per heavy atom. The molecule has 0 saturated heterocycles. The molecule has 0 fully saturated rings. The summed E-state index contributed by atoms with van der Waals surface area (Å²) in [5.41, 5.74) is -0.536. The molecular weight excluding hydrogens is 246 g/mol. The van der Waals surface area contributed by atoms with Gasteiger partial charge in [-0.15, -0.1) is 0 Å². The monoisotopic (exact) mass is 267 g/mol. The van der Waals surface area contributed by atoms with Crippen LogP contribution in [0.2, 0.25) is 0 Å². The van der Waals surface area contributed by atoms with Crippen molar-refractivity contribution in [2.75, 3.05) is 18.0 Å². The lowest BCUT2D eigenvalue weighted by Crippen LogP contribution is -2.35. The van der Waals surface area contributed by atoms with Crippen LogP contribution >= 0.6 is 0 Å². The molecule has 0 spiro atoms. The number of anilines is 1. The lowest BCUT2D eigenvalue weighted by Gasteiger charge is -2.22. The van der Waals surface area contributed by atoms with Crippen molar-refractivity contribution in [3.05, 3.63) is 22.6 Å². The van der Waals surface area contributed by atoms with Crippen LogP contribution in [0.25, 0.3) is 0 Å². The summed E-state index contributed by atoms with van der Waals surface area (Å²) in [6, 6.07) is 1.50. The van der Waals surface area contributed by atoms with Gasteiger partial charge >= 0.3 is 5.97 Å². The van der Waals surface area contributed by atoms with Gasteiger partial charge in [0.15, 0.2) is 0 Å². The highest BCUT2D eigenvalue weighted by atomic mass is 16.4. The molecule has 0 aromatic carbocycles. The molecule has 0 saturated carbocycles. The lowest BCUT2D eigenvalue weighted by atomic mass is 9.94. The molecule has 0 bridgehead atoms. The number of carboxylic acid groups (broad SMARTS) is 1. The van der Waals surface area contributed by atoms with E-state index >= 15 is 0 Å². The van der Waals surface area contributed by atoms with E-state index in [1.807, 2.05) is 18.7 Å². The molecule has 0 aliphatic heterocycles. The van der Waals surface area contributed by atoms with Crippen LogP contribution in [-0.4, -0.2) is 33.9 Å². The fourth-order valence-corrected chi connectivity index (χ4v) is 1.75. The van der Waals surface area contributed by atoms with Gasteiger partial charge in [0.2, 0.25) is 0 Å². The molecule has 0 atom stereocenters. The quantitative estimate of drug-likeness (QED) is 0.838. The molecule has 0 amide bonds. The predicted octanol–water partition coefficient (Wildman–Crippen LogP) is 1.20. The van der Waals surface area contributed by atoms with E-state index in [0.29, 0.717) is 0 Å². The Bertz CT molecular complexity index is 504. The Balaban J connectivity index is 3.02. The fourth-order valence-electron chi connectivity index (χ4n) is 1.75. The number of hydrogen-bond donors (Lipinski definition) is 1. The van der Waals surface area contributed by atoms with Crippen LogP contribution < -0.4 is 10.5 Å². The average molecular weight is 267 g/mol. The number of hydrogen-bond acceptors (Lipinski definition) is 4. The highest BCUT2D eigenvalue weighted by Crippen LogP contribution is 2.17. The van der Waals surface area contributed by atoms with E-state index in [-0.39, 0.29) is 12.1 Å². The van der Waals surface area contributed by atoms with Crippen molar-refractivity contribution < 1.29 is 9.90 Å². The standard InChI is InChI=1S/C13H21N3O3/c1-5-15(6-2)10-7-11(17)16(14-8-10)9-13(3,4)12(18)19/h7-8H,5-6,9H2,1-4H3,(H,18,19). The third-order valence-corrected chi connectivity index (χ3v) is 3.11. The van der Waals surface area contributed by atoms with Gasteiger partial charge in [-0.25, -0.2) is 4.68 Å². The topological polar surface area (TPSA) is 75.4 Å². The van der Waals surface area contributed by atoms with E-state index < -0.39 is 11.4 Å². The molecule has 1 N–H and O–H groups in total. The Morgan fingerprint density at radius 2 is 2.00 bits per heavy atom. The third kappa shape index (κ3) is 3.56. The second-order valence-corrected chi connectivity index (χ2v) is 5.07. The summed E-state index contributed by atoms with van der Waals surface area (Å²) in [5.74, 6) is -0.950. The first kappa shape index (κ1) is 15.2. The Morgan fingerprint density at radius 1 is 1.42 bits per heavy atom. The third-order valence-electron chi connectivity index (χ3n) is 3.11. The van der Waals surface area contributed by atoms with Crippen molar-refractivity contribution in [1.82, 2.24) is 9.78 Å². The van der Waals surface area contributed by atoms with Crippen molar-refractivity contribution in [3.8, 4) is 0 Å². The normalized spacial score (nSPS) is 11.4. The first-order valence-electron chi connectivity index (χ1n) is 6.37. The molecule has 106 valence electrons. The zero-order valence-corrected chi connectivity index (χ0v) is 11.9. The van der Waals surface area contributed by atoms with Crippen LogP contribution in [0.4, 0.5) is 5.69 Å². The zero-order valence-electron chi connectivity index (χ0n) is 11.9. The summed E-state index contributed by atoms with van der Waals surface area (Å²) in [4.78, 5) is 25.0. The fraction of sp³-hybridized carbons (Fsp3) is 0.615. The number of rotatable bonds is 6. The van der Waals surface area contributed by atoms with Gasteiger partial charge < -0.3 is 10.0 Å². The van der Waals surface area contributed by atoms with Crippen molar-refractivity contribution in [1.29, 1.82) is 0 Å². The summed E-state index contributed by atoms with van der Waals surface area (Å²) in [6.07, 6.45) is 1.60. The lowest BCUT2D eigenvalue weighted by molar-refractivity contribution is -0.147. The highest BCUT2D eigenvalue weighted by Gasteiger charge is 2.28. The van der Waals surface area contributed by atoms with E-state index in [9.17, 15) is 9.59 Å². The molecule has 6 nitrogen and oxygen atoms in total. The Labute approximate surface area is 112 Å². The summed E-state index contributed by atoms with van der Waals surface area (Å²) in [5, 5.41) is 13.1. The van der Waals surface area contributed by atoms with Gasteiger partial charge in [0.1, 0.15) is 0 Å². The number of carbonyl (C=O) groups is 1. The first-order chi connectivity index (χ1) is 8.81. The zero-order chi connectivity index (χ0) is 14.6. The molecule has 1 aromatic heterocycles. The molecular formula is C13H21N3O3. The summed E-state index contributed by atoms with van der Waals surface area (Å²) in [6.45, 7) is 8.79. The summed E-state index contributed by atoms with van der Waals surface area (Å²) in [7, 11) is 0. The number of nitrogens with zero attached hydrogens (tertiary/aromatic N) is 3. The van der Waals surface area contributed by atoms with E-state index in [1.54, 1.807) is 20.0 Å². The highest BCUT2D eigenvalue weighted by molar-refractivity contribution is 5.73. The van der Waals surface area contributed by atoms with Crippen LogP contribution in [0.5, 0.6) is 0 Å². The van der Waals surface area contributed by atoms with Crippen molar-refractivity contribution in [2.45, 2.75) is 34.2 Å². The van der Waals surface area contributed by atoms with Gasteiger partial charge in [-0.05, 0) is 27.7 Å². The molecule has 6 heteroatoms. The van der Waals surface area contributed by atoms with Crippen LogP contribution in [0.15, 0.2) is 17.1 Å².